The third-order valence-corrected chi connectivity index (χ3v) is 7.37. The Bertz CT molecular complexity index is 714. The van der Waals surface area contributed by atoms with Crippen LogP contribution >= 0.6 is 23.2 Å². The summed E-state index contributed by atoms with van der Waals surface area (Å²) in [5.74, 6) is 2.51. The minimum absolute atomic E-state index is 0.0849. The van der Waals surface area contributed by atoms with Gasteiger partial charge in [0, 0.05) is 16.6 Å². The zero-order valence-electron chi connectivity index (χ0n) is 15.6. The SMILES string of the molecule is CC(NC(=O)CO/N=C/c1ccc(Cl)cc1Cl)C12CC3CC(CC(C3)C1)C2. The Hall–Kier alpha value is -1.26. The summed E-state index contributed by atoms with van der Waals surface area (Å²) >= 11 is 11.9. The first-order valence-electron chi connectivity index (χ1n) is 9.83. The van der Waals surface area contributed by atoms with Crippen molar-refractivity contribution in [2.24, 2.45) is 28.3 Å². The van der Waals surface area contributed by atoms with E-state index in [1.165, 1.54) is 44.7 Å². The fourth-order valence-corrected chi connectivity index (χ4v) is 6.40. The van der Waals surface area contributed by atoms with Crippen molar-refractivity contribution >= 4 is 35.3 Å². The second kappa shape index (κ2) is 7.63. The predicted molar refractivity (Wildman–Crippen MR) is 108 cm³/mol. The van der Waals surface area contributed by atoms with Crippen LogP contribution in [0.5, 0.6) is 0 Å². The van der Waals surface area contributed by atoms with Gasteiger partial charge in [0.05, 0.1) is 11.2 Å². The Morgan fingerprint density at radius 1 is 1.26 bits per heavy atom. The Labute approximate surface area is 170 Å². The quantitative estimate of drug-likeness (QED) is 0.527. The van der Waals surface area contributed by atoms with E-state index < -0.39 is 0 Å². The molecular weight excluding hydrogens is 383 g/mol. The van der Waals surface area contributed by atoms with Gasteiger partial charge in [-0.05, 0) is 80.8 Å². The molecule has 4 nitrogen and oxygen atoms in total. The van der Waals surface area contributed by atoms with Crippen LogP contribution in [-0.2, 0) is 9.63 Å². The maximum Gasteiger partial charge on any atom is 0.261 e. The van der Waals surface area contributed by atoms with Crippen LogP contribution in [0.1, 0.15) is 51.0 Å². The number of nitrogens with zero attached hydrogens (tertiary/aromatic N) is 1. The molecule has 4 aliphatic carbocycles. The van der Waals surface area contributed by atoms with Gasteiger partial charge in [0.2, 0.25) is 0 Å². The van der Waals surface area contributed by atoms with Crippen molar-refractivity contribution < 1.29 is 9.63 Å². The Morgan fingerprint density at radius 3 is 2.48 bits per heavy atom. The summed E-state index contributed by atoms with van der Waals surface area (Å²) in [4.78, 5) is 17.5. The second-order valence-corrected chi connectivity index (χ2v) is 9.59. The first-order valence-corrected chi connectivity index (χ1v) is 10.6. The van der Waals surface area contributed by atoms with Gasteiger partial charge in [-0.2, -0.15) is 0 Å². The van der Waals surface area contributed by atoms with E-state index in [1.807, 2.05) is 0 Å². The third kappa shape index (κ3) is 4.12. The molecule has 0 spiro atoms. The van der Waals surface area contributed by atoms with E-state index in [-0.39, 0.29) is 18.6 Å². The topological polar surface area (TPSA) is 50.7 Å². The summed E-state index contributed by atoms with van der Waals surface area (Å²) in [6.45, 7) is 2.08. The lowest BCUT2D eigenvalue weighted by molar-refractivity contribution is -0.130. The molecule has 27 heavy (non-hydrogen) atoms. The summed E-state index contributed by atoms with van der Waals surface area (Å²) in [6, 6.07) is 5.32. The van der Waals surface area contributed by atoms with Crippen LogP contribution in [0.4, 0.5) is 0 Å². The third-order valence-electron chi connectivity index (χ3n) is 6.81. The van der Waals surface area contributed by atoms with Crippen LogP contribution in [0.15, 0.2) is 23.4 Å². The first kappa shape index (κ1) is 19.1. The fourth-order valence-electron chi connectivity index (χ4n) is 5.94. The molecule has 0 saturated heterocycles. The van der Waals surface area contributed by atoms with Crippen molar-refractivity contribution in [2.45, 2.75) is 51.5 Å². The van der Waals surface area contributed by atoms with Crippen molar-refractivity contribution in [3.63, 3.8) is 0 Å². The molecule has 4 fully saturated rings. The number of amides is 1. The highest BCUT2D eigenvalue weighted by Gasteiger charge is 2.53. The number of nitrogens with one attached hydrogen (secondary N) is 1. The van der Waals surface area contributed by atoms with Crippen molar-refractivity contribution in [2.75, 3.05) is 6.61 Å². The summed E-state index contributed by atoms with van der Waals surface area (Å²) in [6.07, 6.45) is 9.53. The maximum absolute atomic E-state index is 12.3. The van der Waals surface area contributed by atoms with Gasteiger partial charge < -0.3 is 10.2 Å². The van der Waals surface area contributed by atoms with Crippen LogP contribution in [0.2, 0.25) is 10.0 Å². The molecule has 146 valence electrons. The molecule has 1 atom stereocenters. The number of oxime groups is 1. The average molecular weight is 409 g/mol. The summed E-state index contributed by atoms with van der Waals surface area (Å²) < 4.78 is 0. The standard InChI is InChI=1S/C21H26Cl2N2O2/c1-13(21-8-14-4-15(9-21)6-16(5-14)10-21)25-20(26)12-27-24-11-17-2-3-18(22)7-19(17)23/h2-3,7,11,13-16H,4-6,8-10,12H2,1H3,(H,25,26)/b24-11+. The summed E-state index contributed by atoms with van der Waals surface area (Å²) in [7, 11) is 0. The zero-order valence-corrected chi connectivity index (χ0v) is 17.1. The van der Waals surface area contributed by atoms with E-state index in [9.17, 15) is 4.79 Å². The van der Waals surface area contributed by atoms with Gasteiger partial charge in [-0.1, -0.05) is 34.4 Å². The molecule has 4 aliphatic rings. The molecule has 0 radical (unpaired) electrons. The number of carbonyl (C=O) groups excluding carboxylic acids is 1. The molecule has 1 amide bonds. The lowest BCUT2D eigenvalue weighted by atomic mass is 9.48. The summed E-state index contributed by atoms with van der Waals surface area (Å²) in [5, 5.41) is 8.09. The molecule has 4 saturated carbocycles. The molecule has 5 rings (SSSR count). The highest BCUT2D eigenvalue weighted by molar-refractivity contribution is 6.36. The van der Waals surface area contributed by atoms with Crippen molar-refractivity contribution in [3.8, 4) is 0 Å². The predicted octanol–water partition coefficient (Wildman–Crippen LogP) is 5.07. The smallest absolute Gasteiger partial charge is 0.261 e. The number of carbonyl (C=O) groups is 1. The Morgan fingerprint density at radius 2 is 1.89 bits per heavy atom. The maximum atomic E-state index is 12.3. The summed E-state index contributed by atoms with van der Waals surface area (Å²) in [5.41, 5.74) is 0.994. The minimum atomic E-state index is -0.113. The van der Waals surface area contributed by atoms with Crippen LogP contribution in [0.3, 0.4) is 0 Å². The normalized spacial score (nSPS) is 32.6. The number of hydrogen-bond donors (Lipinski definition) is 1. The van der Waals surface area contributed by atoms with E-state index in [0.717, 1.165) is 17.8 Å². The van der Waals surface area contributed by atoms with Gasteiger partial charge in [-0.15, -0.1) is 0 Å². The van der Waals surface area contributed by atoms with Crippen molar-refractivity contribution in [1.29, 1.82) is 0 Å². The number of rotatable bonds is 6. The van der Waals surface area contributed by atoms with E-state index >= 15 is 0 Å². The van der Waals surface area contributed by atoms with E-state index in [4.69, 9.17) is 28.0 Å². The largest absolute Gasteiger partial charge is 0.386 e. The number of benzene rings is 1. The molecule has 4 bridgehead atoms. The van der Waals surface area contributed by atoms with Crippen molar-refractivity contribution in [1.82, 2.24) is 5.32 Å². The van der Waals surface area contributed by atoms with Gasteiger partial charge >= 0.3 is 0 Å². The van der Waals surface area contributed by atoms with Crippen LogP contribution in [0.25, 0.3) is 0 Å². The van der Waals surface area contributed by atoms with Gasteiger partial charge in [0.25, 0.3) is 5.91 Å². The molecule has 1 N–H and O–H groups in total. The second-order valence-electron chi connectivity index (χ2n) is 8.74. The highest BCUT2D eigenvalue weighted by atomic mass is 35.5. The molecule has 1 aromatic carbocycles. The van der Waals surface area contributed by atoms with Gasteiger partial charge in [-0.3, -0.25) is 4.79 Å². The Kier molecular flexibility index (Phi) is 5.39. The molecular formula is C21H26Cl2N2O2. The number of halogens is 2. The highest BCUT2D eigenvalue weighted by Crippen LogP contribution is 2.61. The van der Waals surface area contributed by atoms with Crippen LogP contribution in [0, 0.1) is 23.2 Å². The monoisotopic (exact) mass is 408 g/mol. The lowest BCUT2D eigenvalue weighted by Crippen LogP contribution is -2.56. The molecule has 1 unspecified atom stereocenters. The van der Waals surface area contributed by atoms with Crippen LogP contribution in [-0.4, -0.2) is 24.8 Å². The Balaban J connectivity index is 1.27. The molecule has 1 aromatic rings. The first-order chi connectivity index (χ1) is 12.9. The van der Waals surface area contributed by atoms with Crippen LogP contribution < -0.4 is 5.32 Å². The zero-order chi connectivity index (χ0) is 19.0. The van der Waals surface area contributed by atoms with E-state index in [0.29, 0.717) is 21.0 Å². The number of hydrogen-bond acceptors (Lipinski definition) is 3. The minimum Gasteiger partial charge on any atom is -0.386 e. The van der Waals surface area contributed by atoms with E-state index in [1.54, 1.807) is 18.2 Å². The molecule has 0 heterocycles. The molecule has 0 aliphatic heterocycles. The van der Waals surface area contributed by atoms with E-state index in [2.05, 4.69) is 17.4 Å². The van der Waals surface area contributed by atoms with Crippen molar-refractivity contribution in [3.05, 3.63) is 33.8 Å². The van der Waals surface area contributed by atoms with Gasteiger partial charge in [0.1, 0.15) is 0 Å². The fraction of sp³-hybridized carbons (Fsp3) is 0.619. The molecule has 6 heteroatoms. The lowest BCUT2D eigenvalue weighted by Gasteiger charge is -2.59. The average Bonchev–Trinajstić information content (AvgIpc) is 2.59. The van der Waals surface area contributed by atoms with Gasteiger partial charge in [-0.25, -0.2) is 0 Å². The molecule has 0 aromatic heterocycles. The van der Waals surface area contributed by atoms with Gasteiger partial charge in [0.15, 0.2) is 6.61 Å².